The van der Waals surface area contributed by atoms with E-state index < -0.39 is 0 Å². The van der Waals surface area contributed by atoms with Gasteiger partial charge < -0.3 is 11.1 Å². The highest BCUT2D eigenvalue weighted by molar-refractivity contribution is 7.20. The molecule has 4 rings (SSSR count). The quantitative estimate of drug-likeness (QED) is 0.478. The molecule has 4 aromatic rings. The maximum atomic E-state index is 12.6. The molecule has 0 saturated carbocycles. The Balaban J connectivity index is 1.51. The predicted octanol–water partition coefficient (Wildman–Crippen LogP) is 3.83. The zero-order valence-electron chi connectivity index (χ0n) is 15.5. The number of carbonyl (C=O) groups excluding carboxylic acids is 2. The van der Waals surface area contributed by atoms with Crippen molar-refractivity contribution in [3.8, 4) is 0 Å². The number of hydrogen-bond donors (Lipinski definition) is 2. The third kappa shape index (κ3) is 4.37. The van der Waals surface area contributed by atoms with Gasteiger partial charge in [-0.1, -0.05) is 24.3 Å². The Morgan fingerprint density at radius 2 is 1.69 bits per heavy atom. The minimum absolute atomic E-state index is 0.0468. The first-order valence-electron chi connectivity index (χ1n) is 9.05. The SMILES string of the molecule is NCc1ccc(CC(=O)c2nc3ccc(C(=O)Nc4ccncc4)cc3s2)cc1. The summed E-state index contributed by atoms with van der Waals surface area (Å²) in [7, 11) is 0. The number of ketones is 1. The van der Waals surface area contributed by atoms with E-state index in [-0.39, 0.29) is 18.1 Å². The van der Waals surface area contributed by atoms with Crippen LogP contribution in [0.4, 0.5) is 5.69 Å². The fraction of sp³-hybridized carbons (Fsp3) is 0.0909. The molecule has 0 bridgehead atoms. The average molecular weight is 402 g/mol. The predicted molar refractivity (Wildman–Crippen MR) is 114 cm³/mol. The molecule has 0 radical (unpaired) electrons. The number of anilines is 1. The maximum Gasteiger partial charge on any atom is 0.255 e. The van der Waals surface area contributed by atoms with E-state index in [9.17, 15) is 9.59 Å². The Hall–Kier alpha value is -3.42. The number of hydrogen-bond acceptors (Lipinski definition) is 6. The monoisotopic (exact) mass is 402 g/mol. The molecule has 0 atom stereocenters. The molecule has 144 valence electrons. The van der Waals surface area contributed by atoms with Crippen LogP contribution in [0, 0.1) is 0 Å². The molecule has 0 aliphatic carbocycles. The summed E-state index contributed by atoms with van der Waals surface area (Å²) in [5.41, 5.74) is 9.44. The van der Waals surface area contributed by atoms with Crippen molar-refractivity contribution in [3.05, 3.63) is 88.7 Å². The highest BCUT2D eigenvalue weighted by Gasteiger charge is 2.15. The van der Waals surface area contributed by atoms with Gasteiger partial charge in [0.25, 0.3) is 5.91 Å². The number of rotatable bonds is 6. The summed E-state index contributed by atoms with van der Waals surface area (Å²) in [6.45, 7) is 0.475. The van der Waals surface area contributed by atoms with Crippen molar-refractivity contribution in [1.82, 2.24) is 9.97 Å². The molecule has 7 heteroatoms. The fourth-order valence-electron chi connectivity index (χ4n) is 2.88. The van der Waals surface area contributed by atoms with E-state index >= 15 is 0 Å². The molecule has 6 nitrogen and oxygen atoms in total. The Labute approximate surface area is 171 Å². The highest BCUT2D eigenvalue weighted by atomic mass is 32.1. The van der Waals surface area contributed by atoms with Gasteiger partial charge in [0.15, 0.2) is 10.8 Å². The first-order chi connectivity index (χ1) is 14.1. The lowest BCUT2D eigenvalue weighted by Gasteiger charge is -2.04. The van der Waals surface area contributed by atoms with Crippen molar-refractivity contribution in [2.75, 3.05) is 5.32 Å². The topological polar surface area (TPSA) is 98.0 Å². The van der Waals surface area contributed by atoms with Gasteiger partial charge in [0, 0.05) is 36.6 Å². The van der Waals surface area contributed by atoms with Crippen molar-refractivity contribution in [2.45, 2.75) is 13.0 Å². The number of nitrogens with two attached hydrogens (primary N) is 1. The number of aromatic nitrogens is 2. The lowest BCUT2D eigenvalue weighted by atomic mass is 10.1. The summed E-state index contributed by atoms with van der Waals surface area (Å²) in [6.07, 6.45) is 3.51. The van der Waals surface area contributed by atoms with Crippen LogP contribution < -0.4 is 11.1 Å². The second-order valence-corrected chi connectivity index (χ2v) is 7.54. The summed E-state index contributed by atoms with van der Waals surface area (Å²) in [5, 5.41) is 3.26. The van der Waals surface area contributed by atoms with Crippen molar-refractivity contribution >= 4 is 38.9 Å². The van der Waals surface area contributed by atoms with Gasteiger partial charge in [0.05, 0.1) is 10.2 Å². The number of nitrogens with one attached hydrogen (secondary N) is 1. The van der Waals surface area contributed by atoms with Gasteiger partial charge in [0.1, 0.15) is 0 Å². The number of pyridine rings is 1. The van der Waals surface area contributed by atoms with Gasteiger partial charge in [-0.15, -0.1) is 11.3 Å². The average Bonchev–Trinajstić information content (AvgIpc) is 3.18. The fourth-order valence-corrected chi connectivity index (χ4v) is 3.82. The third-order valence-electron chi connectivity index (χ3n) is 4.45. The van der Waals surface area contributed by atoms with Crippen LogP contribution >= 0.6 is 11.3 Å². The van der Waals surface area contributed by atoms with Crippen LogP contribution in [0.2, 0.25) is 0 Å². The van der Waals surface area contributed by atoms with Gasteiger partial charge in [-0.25, -0.2) is 4.98 Å². The molecule has 2 heterocycles. The van der Waals surface area contributed by atoms with Crippen LogP contribution in [0.3, 0.4) is 0 Å². The molecular weight excluding hydrogens is 384 g/mol. The Morgan fingerprint density at radius 3 is 2.41 bits per heavy atom. The summed E-state index contributed by atoms with van der Waals surface area (Å²) in [5.74, 6) is -0.270. The minimum atomic E-state index is -0.223. The van der Waals surface area contributed by atoms with E-state index in [1.807, 2.05) is 24.3 Å². The summed E-state index contributed by atoms with van der Waals surface area (Å²) < 4.78 is 0.800. The van der Waals surface area contributed by atoms with Crippen molar-refractivity contribution in [1.29, 1.82) is 0 Å². The molecule has 0 aliphatic heterocycles. The van der Waals surface area contributed by atoms with Gasteiger partial charge >= 0.3 is 0 Å². The van der Waals surface area contributed by atoms with Gasteiger partial charge in [-0.05, 0) is 41.5 Å². The molecule has 0 saturated heterocycles. The lowest BCUT2D eigenvalue weighted by Crippen LogP contribution is -2.11. The summed E-state index contributed by atoms with van der Waals surface area (Å²) in [4.78, 5) is 33.5. The van der Waals surface area contributed by atoms with E-state index in [0.717, 1.165) is 15.8 Å². The molecule has 0 spiro atoms. The molecule has 0 unspecified atom stereocenters. The van der Waals surface area contributed by atoms with Crippen LogP contribution in [0.1, 0.15) is 31.3 Å². The van der Waals surface area contributed by atoms with E-state index in [1.165, 1.54) is 11.3 Å². The zero-order valence-corrected chi connectivity index (χ0v) is 16.3. The van der Waals surface area contributed by atoms with E-state index in [2.05, 4.69) is 15.3 Å². The van der Waals surface area contributed by atoms with Crippen LogP contribution in [-0.2, 0) is 13.0 Å². The number of thiazole rings is 1. The van der Waals surface area contributed by atoms with Crippen molar-refractivity contribution < 1.29 is 9.59 Å². The van der Waals surface area contributed by atoms with Gasteiger partial charge in [-0.3, -0.25) is 14.6 Å². The van der Waals surface area contributed by atoms with E-state index in [0.29, 0.717) is 28.3 Å². The summed E-state index contributed by atoms with van der Waals surface area (Å²) >= 11 is 1.30. The minimum Gasteiger partial charge on any atom is -0.326 e. The molecule has 0 aliphatic rings. The third-order valence-corrected chi connectivity index (χ3v) is 5.51. The number of fused-ring (bicyclic) bond motifs is 1. The Bertz CT molecular complexity index is 1170. The normalized spacial score (nSPS) is 10.8. The Morgan fingerprint density at radius 1 is 0.966 bits per heavy atom. The Kier molecular flexibility index (Phi) is 5.41. The van der Waals surface area contributed by atoms with Gasteiger partial charge in [-0.2, -0.15) is 0 Å². The van der Waals surface area contributed by atoms with E-state index in [1.54, 1.807) is 42.7 Å². The van der Waals surface area contributed by atoms with Gasteiger partial charge in [0.2, 0.25) is 0 Å². The number of benzene rings is 2. The zero-order chi connectivity index (χ0) is 20.2. The van der Waals surface area contributed by atoms with Crippen molar-refractivity contribution in [3.63, 3.8) is 0 Å². The second-order valence-electron chi connectivity index (χ2n) is 6.51. The molecule has 3 N–H and O–H groups in total. The van der Waals surface area contributed by atoms with Crippen LogP contribution in [0.15, 0.2) is 67.0 Å². The number of amides is 1. The smallest absolute Gasteiger partial charge is 0.255 e. The first kappa shape index (κ1) is 18.9. The number of carbonyl (C=O) groups is 2. The second kappa shape index (κ2) is 8.30. The van der Waals surface area contributed by atoms with Crippen LogP contribution in [0.5, 0.6) is 0 Å². The van der Waals surface area contributed by atoms with Crippen molar-refractivity contribution in [2.24, 2.45) is 5.73 Å². The maximum absolute atomic E-state index is 12.6. The van der Waals surface area contributed by atoms with Crippen LogP contribution in [-0.4, -0.2) is 21.7 Å². The largest absolute Gasteiger partial charge is 0.326 e. The standard InChI is InChI=1S/C22H18N4O2S/c23-13-15-3-1-14(2-4-15)11-19(27)22-26-18-6-5-16(12-20(18)29-22)21(28)25-17-7-9-24-10-8-17/h1-10,12H,11,13,23H2,(H,24,25,28). The molecule has 0 fully saturated rings. The number of Topliss-reactive ketones (excluding diaryl/α,β-unsaturated/α-hetero) is 1. The molecule has 1 amide bonds. The highest BCUT2D eigenvalue weighted by Crippen LogP contribution is 2.25. The molecule has 2 aromatic heterocycles. The summed E-state index contributed by atoms with van der Waals surface area (Å²) in [6, 6.07) is 16.3. The molecule has 29 heavy (non-hydrogen) atoms. The molecule has 2 aromatic carbocycles. The lowest BCUT2D eigenvalue weighted by molar-refractivity contribution is 0.0990. The number of nitrogens with zero attached hydrogens (tertiary/aromatic N) is 2. The van der Waals surface area contributed by atoms with Crippen LogP contribution in [0.25, 0.3) is 10.2 Å². The van der Waals surface area contributed by atoms with E-state index in [4.69, 9.17) is 5.73 Å². The first-order valence-corrected chi connectivity index (χ1v) is 9.87. The molecular formula is C22H18N4O2S.